The normalized spacial score (nSPS) is 27.3. The van der Waals surface area contributed by atoms with Gasteiger partial charge < -0.3 is 15.0 Å². The molecular formula is C8H15NO3. The molecule has 0 amide bonds. The van der Waals surface area contributed by atoms with Crippen LogP contribution in [-0.4, -0.2) is 53.2 Å². The van der Waals surface area contributed by atoms with Crippen molar-refractivity contribution >= 4 is 6.29 Å². The second-order valence-electron chi connectivity index (χ2n) is 3.10. The Kier molecular flexibility index (Phi) is 3.65. The Morgan fingerprint density at radius 3 is 2.83 bits per heavy atom. The van der Waals surface area contributed by atoms with Gasteiger partial charge in [-0.05, 0) is 19.4 Å². The molecule has 70 valence electrons. The lowest BCUT2D eigenvalue weighted by atomic mass is 10.2. The van der Waals surface area contributed by atoms with Gasteiger partial charge in [0.05, 0.1) is 19.3 Å². The SMILES string of the molecule is O=C[C@H](CO)N1CCCC1CO. The van der Waals surface area contributed by atoms with Crippen LogP contribution in [0, 0.1) is 0 Å². The fourth-order valence-electron chi connectivity index (χ4n) is 1.72. The zero-order chi connectivity index (χ0) is 8.97. The van der Waals surface area contributed by atoms with Gasteiger partial charge in [0.1, 0.15) is 6.29 Å². The van der Waals surface area contributed by atoms with Gasteiger partial charge in [-0.3, -0.25) is 4.90 Å². The minimum atomic E-state index is -0.426. The van der Waals surface area contributed by atoms with Gasteiger partial charge in [-0.25, -0.2) is 0 Å². The van der Waals surface area contributed by atoms with Gasteiger partial charge in [0, 0.05) is 6.04 Å². The molecule has 0 spiro atoms. The molecule has 2 atom stereocenters. The molecule has 2 N–H and O–H groups in total. The van der Waals surface area contributed by atoms with Crippen molar-refractivity contribution in [1.29, 1.82) is 0 Å². The lowest BCUT2D eigenvalue weighted by Gasteiger charge is -2.26. The number of aliphatic hydroxyl groups is 2. The zero-order valence-electron chi connectivity index (χ0n) is 7.02. The van der Waals surface area contributed by atoms with E-state index in [1.54, 1.807) is 0 Å². The Hall–Kier alpha value is -0.450. The second-order valence-corrected chi connectivity index (χ2v) is 3.10. The molecule has 1 fully saturated rings. The van der Waals surface area contributed by atoms with E-state index in [-0.39, 0.29) is 19.3 Å². The van der Waals surface area contributed by atoms with Gasteiger partial charge in [0.25, 0.3) is 0 Å². The summed E-state index contributed by atoms with van der Waals surface area (Å²) in [5.41, 5.74) is 0. The number of carbonyl (C=O) groups excluding carboxylic acids is 1. The van der Waals surface area contributed by atoms with Crippen LogP contribution in [0.1, 0.15) is 12.8 Å². The highest BCUT2D eigenvalue weighted by atomic mass is 16.3. The maximum Gasteiger partial charge on any atom is 0.139 e. The van der Waals surface area contributed by atoms with Gasteiger partial charge >= 0.3 is 0 Å². The van der Waals surface area contributed by atoms with Crippen molar-refractivity contribution in [3.8, 4) is 0 Å². The zero-order valence-corrected chi connectivity index (χ0v) is 7.02. The maximum absolute atomic E-state index is 10.5. The fraction of sp³-hybridized carbons (Fsp3) is 0.875. The Morgan fingerprint density at radius 2 is 2.33 bits per heavy atom. The summed E-state index contributed by atoms with van der Waals surface area (Å²) in [6.45, 7) is 0.722. The molecule has 1 heterocycles. The summed E-state index contributed by atoms with van der Waals surface area (Å²) in [4.78, 5) is 12.4. The number of aldehydes is 1. The minimum absolute atomic E-state index is 0.0624. The highest BCUT2D eigenvalue weighted by molar-refractivity contribution is 5.57. The summed E-state index contributed by atoms with van der Waals surface area (Å²) in [6.07, 6.45) is 2.66. The van der Waals surface area contributed by atoms with Crippen molar-refractivity contribution in [2.75, 3.05) is 19.8 Å². The standard InChI is InChI=1S/C8H15NO3/c10-4-7-2-1-3-9(7)8(5-11)6-12/h5,7-8,10,12H,1-4,6H2/t7?,8-/m1/s1. The van der Waals surface area contributed by atoms with E-state index in [1.165, 1.54) is 0 Å². The van der Waals surface area contributed by atoms with E-state index in [4.69, 9.17) is 10.2 Å². The van der Waals surface area contributed by atoms with Gasteiger partial charge in [0.15, 0.2) is 0 Å². The van der Waals surface area contributed by atoms with Crippen LogP contribution in [0.4, 0.5) is 0 Å². The Morgan fingerprint density at radius 1 is 1.58 bits per heavy atom. The molecule has 1 aliphatic heterocycles. The minimum Gasteiger partial charge on any atom is -0.395 e. The average Bonchev–Trinajstić information content (AvgIpc) is 2.55. The Labute approximate surface area is 71.8 Å². The van der Waals surface area contributed by atoms with Gasteiger partial charge in [-0.2, -0.15) is 0 Å². The van der Waals surface area contributed by atoms with Crippen molar-refractivity contribution < 1.29 is 15.0 Å². The molecule has 1 saturated heterocycles. The summed E-state index contributed by atoms with van der Waals surface area (Å²) in [7, 11) is 0. The summed E-state index contributed by atoms with van der Waals surface area (Å²) in [6, 6.07) is -0.364. The molecular weight excluding hydrogens is 158 g/mol. The molecule has 0 bridgehead atoms. The predicted molar refractivity (Wildman–Crippen MR) is 43.8 cm³/mol. The number of carbonyl (C=O) groups is 1. The third-order valence-corrected chi connectivity index (χ3v) is 2.40. The number of aliphatic hydroxyl groups excluding tert-OH is 2. The molecule has 0 aromatic heterocycles. The first kappa shape index (κ1) is 9.64. The summed E-state index contributed by atoms with van der Waals surface area (Å²) >= 11 is 0. The molecule has 1 aliphatic rings. The van der Waals surface area contributed by atoms with Gasteiger partial charge in [0.2, 0.25) is 0 Å². The first-order valence-electron chi connectivity index (χ1n) is 4.26. The predicted octanol–water partition coefficient (Wildman–Crippen LogP) is -0.997. The molecule has 0 aliphatic carbocycles. The Bertz CT molecular complexity index is 151. The lowest BCUT2D eigenvalue weighted by Crippen LogP contribution is -2.43. The van der Waals surface area contributed by atoms with Crippen LogP contribution in [0.5, 0.6) is 0 Å². The van der Waals surface area contributed by atoms with Crippen LogP contribution < -0.4 is 0 Å². The molecule has 1 rings (SSSR count). The quantitative estimate of drug-likeness (QED) is 0.535. The second kappa shape index (κ2) is 4.54. The van der Waals surface area contributed by atoms with E-state index in [2.05, 4.69) is 0 Å². The number of likely N-dealkylation sites (tertiary alicyclic amines) is 1. The van der Waals surface area contributed by atoms with Crippen molar-refractivity contribution in [1.82, 2.24) is 4.90 Å². The summed E-state index contributed by atoms with van der Waals surface area (Å²) in [5, 5.41) is 17.8. The van der Waals surface area contributed by atoms with Crippen molar-refractivity contribution in [2.24, 2.45) is 0 Å². The monoisotopic (exact) mass is 173 g/mol. The molecule has 1 unspecified atom stereocenters. The van der Waals surface area contributed by atoms with Crippen LogP contribution in [0.25, 0.3) is 0 Å². The van der Waals surface area contributed by atoms with E-state index >= 15 is 0 Å². The van der Waals surface area contributed by atoms with Crippen molar-refractivity contribution in [3.63, 3.8) is 0 Å². The average molecular weight is 173 g/mol. The van der Waals surface area contributed by atoms with Gasteiger partial charge in [-0.1, -0.05) is 0 Å². The number of hydrogen-bond donors (Lipinski definition) is 2. The van der Waals surface area contributed by atoms with Crippen LogP contribution in [0.2, 0.25) is 0 Å². The van der Waals surface area contributed by atoms with E-state index in [0.29, 0.717) is 0 Å². The molecule has 4 heteroatoms. The van der Waals surface area contributed by atoms with Crippen LogP contribution in [-0.2, 0) is 4.79 Å². The number of hydrogen-bond acceptors (Lipinski definition) is 4. The molecule has 0 saturated carbocycles. The van der Waals surface area contributed by atoms with E-state index < -0.39 is 6.04 Å². The third-order valence-electron chi connectivity index (χ3n) is 2.40. The molecule has 0 aromatic rings. The first-order valence-corrected chi connectivity index (χ1v) is 4.26. The first-order chi connectivity index (χ1) is 5.83. The highest BCUT2D eigenvalue weighted by Crippen LogP contribution is 2.18. The van der Waals surface area contributed by atoms with Crippen LogP contribution >= 0.6 is 0 Å². The molecule has 0 radical (unpaired) electrons. The fourth-order valence-corrected chi connectivity index (χ4v) is 1.72. The summed E-state index contributed by atoms with van der Waals surface area (Å²) in [5.74, 6) is 0. The van der Waals surface area contributed by atoms with E-state index in [9.17, 15) is 4.79 Å². The molecule has 12 heavy (non-hydrogen) atoms. The van der Waals surface area contributed by atoms with E-state index in [0.717, 1.165) is 25.7 Å². The maximum atomic E-state index is 10.5. The third kappa shape index (κ3) is 1.83. The molecule has 4 nitrogen and oxygen atoms in total. The Balaban J connectivity index is 2.52. The van der Waals surface area contributed by atoms with Crippen LogP contribution in [0.3, 0.4) is 0 Å². The van der Waals surface area contributed by atoms with Crippen molar-refractivity contribution in [3.05, 3.63) is 0 Å². The van der Waals surface area contributed by atoms with Gasteiger partial charge in [-0.15, -0.1) is 0 Å². The topological polar surface area (TPSA) is 60.8 Å². The number of nitrogens with zero attached hydrogens (tertiary/aromatic N) is 1. The van der Waals surface area contributed by atoms with E-state index in [1.807, 2.05) is 4.90 Å². The van der Waals surface area contributed by atoms with Crippen LogP contribution in [0.15, 0.2) is 0 Å². The summed E-state index contributed by atoms with van der Waals surface area (Å²) < 4.78 is 0. The largest absolute Gasteiger partial charge is 0.395 e. The number of rotatable bonds is 4. The van der Waals surface area contributed by atoms with Crippen molar-refractivity contribution in [2.45, 2.75) is 24.9 Å². The highest BCUT2D eigenvalue weighted by Gasteiger charge is 2.29. The lowest BCUT2D eigenvalue weighted by molar-refractivity contribution is -0.114. The smallest absolute Gasteiger partial charge is 0.139 e. The molecule has 0 aromatic carbocycles.